The van der Waals surface area contributed by atoms with Gasteiger partial charge in [-0.05, 0) is 53.8 Å². The lowest BCUT2D eigenvalue weighted by Gasteiger charge is -2.36. The summed E-state index contributed by atoms with van der Waals surface area (Å²) in [4.78, 5) is 29.6. The van der Waals surface area contributed by atoms with Crippen LogP contribution in [0.15, 0.2) is 73.1 Å². The van der Waals surface area contributed by atoms with Crippen LogP contribution in [0.25, 0.3) is 11.1 Å². The van der Waals surface area contributed by atoms with Crippen LogP contribution in [0.1, 0.15) is 31.2 Å². The fourth-order valence-electron chi connectivity index (χ4n) is 5.71. The molecule has 1 aliphatic carbocycles. The number of amides is 2. The molecule has 0 unspecified atom stereocenters. The van der Waals surface area contributed by atoms with Crippen molar-refractivity contribution in [1.82, 2.24) is 25.2 Å². The van der Waals surface area contributed by atoms with Crippen molar-refractivity contribution in [2.75, 3.05) is 48.7 Å². The number of anilines is 4. The number of rotatable bonds is 9. The third-order valence-corrected chi connectivity index (χ3v) is 8.38. The van der Waals surface area contributed by atoms with Gasteiger partial charge in [-0.1, -0.05) is 54.8 Å². The zero-order chi connectivity index (χ0) is 30.3. The number of carbonyl (C=O) groups is 1. The van der Waals surface area contributed by atoms with E-state index in [4.69, 9.17) is 22.1 Å². The predicted molar refractivity (Wildman–Crippen MR) is 175 cm³/mol. The first-order valence-corrected chi connectivity index (χ1v) is 15.5. The van der Waals surface area contributed by atoms with E-state index in [2.05, 4.69) is 60.8 Å². The Morgan fingerprint density at radius 2 is 1.77 bits per heavy atom. The smallest absolute Gasteiger partial charge is 0.317 e. The molecule has 1 aliphatic heterocycles. The molecule has 2 fully saturated rings. The van der Waals surface area contributed by atoms with Gasteiger partial charge in [-0.15, -0.1) is 0 Å². The maximum Gasteiger partial charge on any atom is 0.317 e. The van der Waals surface area contributed by atoms with Crippen molar-refractivity contribution in [1.29, 1.82) is 0 Å². The Bertz CT molecular complexity index is 1590. The highest BCUT2D eigenvalue weighted by atomic mass is 35.5. The molecule has 6 rings (SSSR count). The number of piperazine rings is 1. The van der Waals surface area contributed by atoms with Crippen LogP contribution in [-0.4, -0.2) is 64.7 Å². The van der Waals surface area contributed by atoms with Crippen molar-refractivity contribution in [3.05, 3.63) is 83.6 Å². The average molecular weight is 613 g/mol. The molecule has 2 amide bonds. The van der Waals surface area contributed by atoms with Crippen LogP contribution in [0.2, 0.25) is 5.02 Å². The van der Waals surface area contributed by atoms with Gasteiger partial charge in [-0.2, -0.15) is 4.98 Å². The number of aromatic nitrogens is 3. The molecule has 4 N–H and O–H groups in total. The van der Waals surface area contributed by atoms with Gasteiger partial charge >= 0.3 is 6.03 Å². The third-order valence-electron chi connectivity index (χ3n) is 8.10. The van der Waals surface area contributed by atoms with Gasteiger partial charge in [0, 0.05) is 56.6 Å². The molecule has 0 spiro atoms. The summed E-state index contributed by atoms with van der Waals surface area (Å²) in [6, 6.07) is 20.7. The minimum atomic E-state index is 0.0706. The molecule has 1 saturated carbocycles. The molecule has 11 heteroatoms. The maximum atomic E-state index is 12.7. The number of hydrogen-bond acceptors (Lipinski definition) is 8. The predicted octanol–water partition coefficient (Wildman–Crippen LogP) is 5.91. The number of nitrogen functional groups attached to an aromatic ring is 1. The Balaban J connectivity index is 1.02. The van der Waals surface area contributed by atoms with Gasteiger partial charge in [0.15, 0.2) is 5.82 Å². The van der Waals surface area contributed by atoms with Gasteiger partial charge in [0.1, 0.15) is 16.6 Å². The SMILES string of the molecule is Nc1ncc(Cl)c(Nc2cccc(OCCc3cccc(-c4ccnc(N5CCN(C(=O)NC6CCCC6)CC5)c4)c3)c2)n1. The first-order chi connectivity index (χ1) is 21.5. The normalized spacial score (nSPS) is 15.3. The van der Waals surface area contributed by atoms with Crippen molar-refractivity contribution in [2.24, 2.45) is 0 Å². The van der Waals surface area contributed by atoms with Crippen LogP contribution in [0.4, 0.5) is 28.1 Å². The van der Waals surface area contributed by atoms with Crippen molar-refractivity contribution < 1.29 is 9.53 Å². The molecule has 10 nitrogen and oxygen atoms in total. The number of carbonyl (C=O) groups excluding carboxylic acids is 1. The highest BCUT2D eigenvalue weighted by Crippen LogP contribution is 2.27. The van der Waals surface area contributed by atoms with Gasteiger partial charge in [-0.25, -0.2) is 14.8 Å². The Morgan fingerprint density at radius 3 is 2.61 bits per heavy atom. The number of hydrogen-bond donors (Lipinski definition) is 3. The largest absolute Gasteiger partial charge is 0.493 e. The van der Waals surface area contributed by atoms with E-state index in [1.54, 1.807) is 0 Å². The third kappa shape index (κ3) is 7.49. The molecular weight excluding hydrogens is 576 g/mol. The summed E-state index contributed by atoms with van der Waals surface area (Å²) in [5.74, 6) is 2.26. The first kappa shape index (κ1) is 29.5. The molecule has 0 bridgehead atoms. The number of nitrogens with zero attached hydrogens (tertiary/aromatic N) is 5. The minimum absolute atomic E-state index is 0.0706. The van der Waals surface area contributed by atoms with Crippen LogP contribution in [-0.2, 0) is 6.42 Å². The lowest BCUT2D eigenvalue weighted by atomic mass is 10.0. The average Bonchev–Trinajstić information content (AvgIpc) is 3.56. The summed E-state index contributed by atoms with van der Waals surface area (Å²) in [5, 5.41) is 6.75. The second-order valence-corrected chi connectivity index (χ2v) is 11.6. The molecular formula is C33H37ClN8O2. The molecule has 44 heavy (non-hydrogen) atoms. The number of nitrogens with two attached hydrogens (primary N) is 1. The van der Waals surface area contributed by atoms with Crippen LogP contribution in [0, 0.1) is 0 Å². The highest BCUT2D eigenvalue weighted by molar-refractivity contribution is 6.32. The number of nitrogens with one attached hydrogen (secondary N) is 2. The molecule has 2 aromatic heterocycles. The van der Waals surface area contributed by atoms with Crippen LogP contribution >= 0.6 is 11.6 Å². The van der Waals surface area contributed by atoms with Crippen molar-refractivity contribution in [2.45, 2.75) is 38.1 Å². The summed E-state index contributed by atoms with van der Waals surface area (Å²) < 4.78 is 6.07. The molecule has 0 radical (unpaired) electrons. The summed E-state index contributed by atoms with van der Waals surface area (Å²) in [6.45, 7) is 3.45. The molecule has 2 aromatic carbocycles. The van der Waals surface area contributed by atoms with E-state index in [1.807, 2.05) is 41.4 Å². The maximum absolute atomic E-state index is 12.7. The van der Waals surface area contributed by atoms with Gasteiger partial charge in [0.05, 0.1) is 12.8 Å². The second kappa shape index (κ2) is 13.8. The van der Waals surface area contributed by atoms with Crippen molar-refractivity contribution >= 4 is 40.9 Å². The van der Waals surface area contributed by atoms with Crippen molar-refractivity contribution in [3.8, 4) is 16.9 Å². The van der Waals surface area contributed by atoms with Crippen LogP contribution < -0.4 is 26.0 Å². The molecule has 1 saturated heterocycles. The fraction of sp³-hybridized carbons (Fsp3) is 0.333. The quantitative estimate of drug-likeness (QED) is 0.213. The Kier molecular flexibility index (Phi) is 9.26. The number of benzene rings is 2. The van der Waals surface area contributed by atoms with Crippen LogP contribution in [0.3, 0.4) is 0 Å². The van der Waals surface area contributed by atoms with Gasteiger partial charge in [-0.3, -0.25) is 0 Å². The molecule has 4 aromatic rings. The standard InChI is InChI=1S/C33H37ClN8O2/c34-29-22-37-32(35)40-31(29)38-27-9-4-10-28(21-27)44-18-12-23-5-3-6-24(19-23)25-11-13-36-30(20-25)41-14-16-42(17-15-41)33(43)39-26-7-1-2-8-26/h3-6,9-11,13,19-22,26H,1-2,7-8,12,14-18H2,(H,39,43)(H3,35,37,38,40). The summed E-state index contributed by atoms with van der Waals surface area (Å²) in [7, 11) is 0. The lowest BCUT2D eigenvalue weighted by Crippen LogP contribution is -2.53. The Labute approximate surface area is 262 Å². The van der Waals surface area contributed by atoms with Crippen LogP contribution in [0.5, 0.6) is 5.75 Å². The lowest BCUT2D eigenvalue weighted by molar-refractivity contribution is 0.190. The topological polar surface area (TPSA) is 122 Å². The Morgan fingerprint density at radius 1 is 0.977 bits per heavy atom. The number of pyridine rings is 1. The van der Waals surface area contributed by atoms with Gasteiger partial charge in [0.25, 0.3) is 0 Å². The minimum Gasteiger partial charge on any atom is -0.493 e. The number of urea groups is 1. The van der Waals surface area contributed by atoms with E-state index in [0.717, 1.165) is 60.7 Å². The van der Waals surface area contributed by atoms with E-state index in [-0.39, 0.29) is 12.0 Å². The number of halogens is 1. The van der Waals surface area contributed by atoms with E-state index < -0.39 is 0 Å². The first-order valence-electron chi connectivity index (χ1n) is 15.1. The second-order valence-electron chi connectivity index (χ2n) is 11.2. The zero-order valence-corrected chi connectivity index (χ0v) is 25.3. The van der Waals surface area contributed by atoms with E-state index in [0.29, 0.717) is 36.6 Å². The summed E-state index contributed by atoms with van der Waals surface area (Å²) in [5.41, 5.74) is 9.90. The molecule has 2 aliphatic rings. The molecule has 0 atom stereocenters. The van der Waals surface area contributed by atoms with Gasteiger partial charge in [0.2, 0.25) is 5.95 Å². The fourth-order valence-corrected chi connectivity index (χ4v) is 5.85. The highest BCUT2D eigenvalue weighted by Gasteiger charge is 2.25. The number of ether oxygens (including phenoxy) is 1. The molecule has 228 valence electrons. The molecule has 3 heterocycles. The van der Waals surface area contributed by atoms with E-state index in [9.17, 15) is 4.79 Å². The Hall–Kier alpha value is -4.57. The van der Waals surface area contributed by atoms with Crippen molar-refractivity contribution in [3.63, 3.8) is 0 Å². The zero-order valence-electron chi connectivity index (χ0n) is 24.6. The summed E-state index contributed by atoms with van der Waals surface area (Å²) >= 11 is 6.19. The van der Waals surface area contributed by atoms with Gasteiger partial charge < -0.3 is 30.9 Å². The van der Waals surface area contributed by atoms with E-state index >= 15 is 0 Å². The monoisotopic (exact) mass is 612 g/mol. The van der Waals surface area contributed by atoms with E-state index in [1.165, 1.54) is 24.6 Å². The summed E-state index contributed by atoms with van der Waals surface area (Å²) in [6.07, 6.45) is 8.70.